The van der Waals surface area contributed by atoms with Crippen LogP contribution in [-0.2, 0) is 11.2 Å². The number of carboxylic acids is 1. The summed E-state index contributed by atoms with van der Waals surface area (Å²) < 4.78 is 0. The van der Waals surface area contributed by atoms with Gasteiger partial charge < -0.3 is 25.5 Å². The number of carbonyl (C=O) groups excluding carboxylic acids is 2. The molecule has 0 radical (unpaired) electrons. The van der Waals surface area contributed by atoms with Gasteiger partial charge in [-0.3, -0.25) is 14.4 Å². The molecule has 0 bridgehead atoms. The van der Waals surface area contributed by atoms with Gasteiger partial charge in [-0.2, -0.15) is 0 Å². The lowest BCUT2D eigenvalue weighted by atomic mass is 9.81. The summed E-state index contributed by atoms with van der Waals surface area (Å²) in [6.45, 7) is 1.16. The molecule has 0 atom stereocenters. The quantitative estimate of drug-likeness (QED) is 0.340. The number of fused-ring (bicyclic) bond motifs is 2. The Hall–Kier alpha value is -3.81. The van der Waals surface area contributed by atoms with E-state index in [0.29, 0.717) is 11.1 Å². The lowest BCUT2D eigenvalue weighted by Gasteiger charge is -2.22. The van der Waals surface area contributed by atoms with Gasteiger partial charge in [0, 0.05) is 6.07 Å². The molecule has 8 nitrogen and oxygen atoms in total. The van der Waals surface area contributed by atoms with Gasteiger partial charge in [-0.1, -0.05) is 0 Å². The van der Waals surface area contributed by atoms with Crippen LogP contribution in [0, 0.1) is 0 Å². The number of hydrogen-bond acceptors (Lipinski definition) is 7. The topological polar surface area (TPSA) is 152 Å². The van der Waals surface area contributed by atoms with Crippen molar-refractivity contribution < 1.29 is 39.9 Å². The maximum absolute atomic E-state index is 12.9. The second-order valence-electron chi connectivity index (χ2n) is 6.49. The maximum atomic E-state index is 12.9. The van der Waals surface area contributed by atoms with Crippen molar-refractivity contribution in [2.75, 3.05) is 0 Å². The smallest absolute Gasteiger partial charge is 0.311 e. The van der Waals surface area contributed by atoms with Crippen molar-refractivity contribution in [1.29, 1.82) is 0 Å². The van der Waals surface area contributed by atoms with Crippen molar-refractivity contribution in [3.05, 3.63) is 57.3 Å². The van der Waals surface area contributed by atoms with Crippen molar-refractivity contribution >= 4 is 23.6 Å². The molecule has 2 aromatic rings. The van der Waals surface area contributed by atoms with Crippen LogP contribution in [0.15, 0.2) is 24.0 Å². The van der Waals surface area contributed by atoms with E-state index in [2.05, 4.69) is 0 Å². The Morgan fingerprint density at radius 2 is 1.68 bits per heavy atom. The highest BCUT2D eigenvalue weighted by atomic mass is 16.4. The molecule has 144 valence electrons. The molecule has 0 aromatic heterocycles. The molecule has 8 heteroatoms. The van der Waals surface area contributed by atoms with E-state index < -0.39 is 41.2 Å². The number of phenolic OH excluding ortho intramolecular Hbond substituents is 3. The summed E-state index contributed by atoms with van der Waals surface area (Å²) in [7, 11) is 0. The molecular weight excluding hydrogens is 368 g/mol. The summed E-state index contributed by atoms with van der Waals surface area (Å²) in [5.74, 6) is -4.42. The molecule has 0 amide bonds. The summed E-state index contributed by atoms with van der Waals surface area (Å²) in [6.07, 6.45) is 0.425. The fraction of sp³-hybridized carbons (Fsp3) is 0.150. The van der Waals surface area contributed by atoms with Gasteiger partial charge in [-0.15, -0.1) is 0 Å². The summed E-state index contributed by atoms with van der Waals surface area (Å²) in [5.41, 5.74) is 0.212. The number of carboxylic acid groups (broad SMARTS) is 1. The first-order valence-electron chi connectivity index (χ1n) is 8.20. The third kappa shape index (κ3) is 3.16. The highest BCUT2D eigenvalue weighted by Crippen LogP contribution is 2.41. The van der Waals surface area contributed by atoms with Crippen LogP contribution in [0.25, 0.3) is 6.08 Å². The van der Waals surface area contributed by atoms with E-state index in [0.717, 1.165) is 19.1 Å². The molecule has 1 aliphatic carbocycles. The summed E-state index contributed by atoms with van der Waals surface area (Å²) >= 11 is 0. The van der Waals surface area contributed by atoms with Gasteiger partial charge in [0.25, 0.3) is 0 Å². The van der Waals surface area contributed by atoms with Gasteiger partial charge in [0.1, 0.15) is 29.4 Å². The fourth-order valence-electron chi connectivity index (χ4n) is 3.41. The zero-order valence-electron chi connectivity index (χ0n) is 14.7. The molecule has 0 heterocycles. The van der Waals surface area contributed by atoms with Gasteiger partial charge in [0.2, 0.25) is 5.78 Å². The Morgan fingerprint density at radius 3 is 2.29 bits per heavy atom. The average Bonchev–Trinajstić information content (AvgIpc) is 2.51. The Bertz CT molecular complexity index is 1080. The van der Waals surface area contributed by atoms with E-state index in [4.69, 9.17) is 5.11 Å². The number of carbonyl (C=O) groups is 3. The second-order valence-corrected chi connectivity index (χ2v) is 6.49. The number of aliphatic hydroxyl groups excluding tert-OH is 1. The molecule has 2 aromatic carbocycles. The number of phenols is 3. The lowest BCUT2D eigenvalue weighted by Crippen LogP contribution is -2.17. The lowest BCUT2D eigenvalue weighted by molar-refractivity contribution is -0.136. The molecule has 0 saturated heterocycles. The van der Waals surface area contributed by atoms with Crippen LogP contribution >= 0.6 is 0 Å². The minimum Gasteiger partial charge on any atom is -0.512 e. The summed E-state index contributed by atoms with van der Waals surface area (Å²) in [5, 5.41) is 48.9. The molecule has 0 fully saturated rings. The number of aliphatic hydroxyl groups is 1. The molecular formula is C20H16O8. The van der Waals surface area contributed by atoms with E-state index in [9.17, 15) is 34.8 Å². The van der Waals surface area contributed by atoms with Gasteiger partial charge >= 0.3 is 5.97 Å². The SMILES string of the molecule is CC(=O)c1c(C=C(O)CC(=O)O)cc2c(c1O)C(=O)c1c(O)cc(O)cc1C2. The van der Waals surface area contributed by atoms with Crippen molar-refractivity contribution in [3.63, 3.8) is 0 Å². The van der Waals surface area contributed by atoms with Crippen molar-refractivity contribution in [1.82, 2.24) is 0 Å². The van der Waals surface area contributed by atoms with Gasteiger partial charge in [0.15, 0.2) is 5.78 Å². The Balaban J connectivity index is 2.25. The first-order chi connectivity index (χ1) is 13.1. The van der Waals surface area contributed by atoms with E-state index in [1.54, 1.807) is 0 Å². The number of rotatable bonds is 4. The minimum atomic E-state index is -1.28. The number of aromatic hydroxyl groups is 3. The highest BCUT2D eigenvalue weighted by Gasteiger charge is 2.32. The van der Waals surface area contributed by atoms with Crippen molar-refractivity contribution in [3.8, 4) is 17.2 Å². The predicted molar refractivity (Wildman–Crippen MR) is 97.0 cm³/mol. The van der Waals surface area contributed by atoms with E-state index in [-0.39, 0.29) is 34.4 Å². The molecule has 0 unspecified atom stereocenters. The Morgan fingerprint density at radius 1 is 1.04 bits per heavy atom. The fourth-order valence-corrected chi connectivity index (χ4v) is 3.41. The van der Waals surface area contributed by atoms with E-state index in [1.165, 1.54) is 12.1 Å². The third-order valence-electron chi connectivity index (χ3n) is 4.44. The molecule has 0 aliphatic heterocycles. The predicted octanol–water partition coefficient (Wildman–Crippen LogP) is 2.51. The van der Waals surface area contributed by atoms with Crippen LogP contribution < -0.4 is 0 Å². The average molecular weight is 384 g/mol. The largest absolute Gasteiger partial charge is 0.512 e. The Labute approximate surface area is 158 Å². The summed E-state index contributed by atoms with van der Waals surface area (Å²) in [4.78, 5) is 35.7. The van der Waals surface area contributed by atoms with Crippen LogP contribution in [0.2, 0.25) is 0 Å². The van der Waals surface area contributed by atoms with Crippen LogP contribution in [0.3, 0.4) is 0 Å². The molecule has 1 aliphatic rings. The van der Waals surface area contributed by atoms with Crippen molar-refractivity contribution in [2.24, 2.45) is 0 Å². The van der Waals surface area contributed by atoms with Gasteiger partial charge in [-0.25, -0.2) is 0 Å². The monoisotopic (exact) mass is 384 g/mol. The zero-order chi connectivity index (χ0) is 20.7. The zero-order valence-corrected chi connectivity index (χ0v) is 14.7. The van der Waals surface area contributed by atoms with E-state index in [1.807, 2.05) is 0 Å². The molecule has 0 saturated carbocycles. The number of ketones is 2. The molecule has 5 N–H and O–H groups in total. The highest BCUT2D eigenvalue weighted by molar-refractivity contribution is 6.17. The van der Waals surface area contributed by atoms with Gasteiger partial charge in [0.05, 0.1) is 16.7 Å². The van der Waals surface area contributed by atoms with E-state index >= 15 is 0 Å². The molecule has 3 rings (SSSR count). The van der Waals surface area contributed by atoms with Crippen LogP contribution in [-0.4, -0.2) is 43.1 Å². The number of benzene rings is 2. The van der Waals surface area contributed by atoms with Crippen LogP contribution in [0.5, 0.6) is 17.2 Å². The Kier molecular flexibility index (Phi) is 4.56. The van der Waals surface area contributed by atoms with Crippen LogP contribution in [0.4, 0.5) is 0 Å². The standard InChI is InChI=1S/C20H16O8/c1-8(21)16-10(4-13(23)7-15(25)26)2-9-3-11-5-12(22)6-14(24)17(11)20(28)18(9)19(16)27/h2,4-6,22-24,27H,3,7H2,1H3,(H,25,26). The molecule has 0 spiro atoms. The summed E-state index contributed by atoms with van der Waals surface area (Å²) in [6, 6.07) is 3.71. The first kappa shape index (κ1) is 19.0. The number of hydrogen-bond donors (Lipinski definition) is 5. The first-order valence-corrected chi connectivity index (χ1v) is 8.20. The normalized spacial score (nSPS) is 13.0. The number of aliphatic carboxylic acids is 1. The van der Waals surface area contributed by atoms with Crippen LogP contribution in [0.1, 0.15) is 56.3 Å². The van der Waals surface area contributed by atoms with Crippen molar-refractivity contribution in [2.45, 2.75) is 19.8 Å². The second kappa shape index (κ2) is 6.73. The third-order valence-corrected chi connectivity index (χ3v) is 4.44. The maximum Gasteiger partial charge on any atom is 0.311 e. The minimum absolute atomic E-state index is 0.0584. The molecule has 28 heavy (non-hydrogen) atoms. The van der Waals surface area contributed by atoms with Gasteiger partial charge in [-0.05, 0) is 48.2 Å². The number of Topliss-reactive ketones (excluding diaryl/α,β-unsaturated/α-hetero) is 1.